The van der Waals surface area contributed by atoms with Gasteiger partial charge in [-0.15, -0.1) is 18.3 Å². The summed E-state index contributed by atoms with van der Waals surface area (Å²) >= 11 is 6.59. The van der Waals surface area contributed by atoms with Gasteiger partial charge in [0.15, 0.2) is 6.04 Å². The van der Waals surface area contributed by atoms with Crippen molar-refractivity contribution < 1.29 is 19.4 Å². The molecule has 1 aromatic rings. The van der Waals surface area contributed by atoms with Gasteiger partial charge in [0.2, 0.25) is 11.0 Å². The Labute approximate surface area is 144 Å². The first-order valence-electron chi connectivity index (χ1n) is 6.99. The van der Waals surface area contributed by atoms with Gasteiger partial charge in [0, 0.05) is 5.75 Å². The zero-order chi connectivity index (χ0) is 17.0. The summed E-state index contributed by atoms with van der Waals surface area (Å²) in [6, 6.07) is 5.83. The van der Waals surface area contributed by atoms with Crippen LogP contribution in [-0.4, -0.2) is 44.1 Å². The number of thiocarbonyl (C=S) groups is 1. The second-order valence-corrected chi connectivity index (χ2v) is 6.67. The second-order valence-electron chi connectivity index (χ2n) is 5.06. The number of hydrogen-bond acceptors (Lipinski definition) is 5. The van der Waals surface area contributed by atoms with Crippen LogP contribution in [0.2, 0.25) is 0 Å². The molecule has 7 heteroatoms. The highest BCUT2D eigenvalue weighted by atomic mass is 32.2. The number of thioether (sulfide) groups is 1. The van der Waals surface area contributed by atoms with Crippen LogP contribution in [-0.2, 0) is 9.59 Å². The van der Waals surface area contributed by atoms with Crippen molar-refractivity contribution in [2.45, 2.75) is 24.8 Å². The molecule has 0 saturated carbocycles. The fourth-order valence-electron chi connectivity index (χ4n) is 2.14. The van der Waals surface area contributed by atoms with Crippen molar-refractivity contribution in [1.82, 2.24) is 4.90 Å². The van der Waals surface area contributed by atoms with Crippen molar-refractivity contribution in [3.63, 3.8) is 0 Å². The molecule has 1 N–H and O–H groups in total. The van der Waals surface area contributed by atoms with Gasteiger partial charge in [-0.1, -0.05) is 23.8 Å². The van der Waals surface area contributed by atoms with Crippen molar-refractivity contribution in [3.05, 3.63) is 42.5 Å². The zero-order valence-corrected chi connectivity index (χ0v) is 14.2. The lowest BCUT2D eigenvalue weighted by Crippen LogP contribution is -2.61. The van der Waals surface area contributed by atoms with Gasteiger partial charge < -0.3 is 14.7 Å². The van der Waals surface area contributed by atoms with Crippen molar-refractivity contribution in [2.24, 2.45) is 0 Å². The Kier molecular flexibility index (Phi) is 5.79. The molecule has 2 rings (SSSR count). The van der Waals surface area contributed by atoms with E-state index in [2.05, 4.69) is 6.58 Å². The maximum absolute atomic E-state index is 11.9. The van der Waals surface area contributed by atoms with Gasteiger partial charge in [-0.05, 0) is 31.3 Å². The van der Waals surface area contributed by atoms with Crippen LogP contribution in [0.3, 0.4) is 0 Å². The Morgan fingerprint density at radius 2 is 2.22 bits per heavy atom. The molecule has 0 bridgehead atoms. The van der Waals surface area contributed by atoms with E-state index >= 15 is 0 Å². The molecule has 1 fully saturated rings. The Bertz CT molecular complexity index is 629. The molecule has 0 radical (unpaired) electrons. The molecule has 0 aliphatic carbocycles. The summed E-state index contributed by atoms with van der Waals surface area (Å²) in [5.74, 6) is -0.352. The lowest BCUT2D eigenvalue weighted by Gasteiger charge is -2.42. The average Bonchev–Trinajstić information content (AvgIpc) is 2.50. The molecule has 1 heterocycles. The summed E-state index contributed by atoms with van der Waals surface area (Å²) < 4.78 is 5.48. The fourth-order valence-corrected chi connectivity index (χ4v) is 3.47. The van der Waals surface area contributed by atoms with Crippen molar-refractivity contribution in [1.29, 1.82) is 0 Å². The summed E-state index contributed by atoms with van der Waals surface area (Å²) in [4.78, 5) is 24.7. The summed E-state index contributed by atoms with van der Waals surface area (Å²) in [6.07, 6.45) is 2.01. The highest BCUT2D eigenvalue weighted by Crippen LogP contribution is 2.32. The Balaban J connectivity index is 2.12. The summed E-state index contributed by atoms with van der Waals surface area (Å²) in [5, 5.41) is 9.11. The third-order valence-corrected chi connectivity index (χ3v) is 4.84. The number of aryl methyl sites for hydroxylation is 1. The Morgan fingerprint density at radius 3 is 2.74 bits per heavy atom. The first-order chi connectivity index (χ1) is 10.9. The number of aliphatic carboxylic acids is 1. The molecular formula is C16H17NO4S2. The van der Waals surface area contributed by atoms with Gasteiger partial charge >= 0.3 is 5.97 Å². The van der Waals surface area contributed by atoms with E-state index in [1.807, 2.05) is 19.1 Å². The highest BCUT2D eigenvalue weighted by molar-refractivity contribution is 8.00. The SMILES string of the molecule is C=CCSC1CC(=O)N1C(C(=O)O)C(=S)Oc1ccc(C)cc1. The molecule has 1 aliphatic rings. The maximum atomic E-state index is 11.9. The molecule has 2 atom stereocenters. The van der Waals surface area contributed by atoms with Crippen molar-refractivity contribution in [2.75, 3.05) is 5.75 Å². The van der Waals surface area contributed by atoms with Gasteiger partial charge in [-0.2, -0.15) is 0 Å². The smallest absolute Gasteiger partial charge is 0.335 e. The number of rotatable bonds is 7. The van der Waals surface area contributed by atoms with Gasteiger partial charge in [0.25, 0.3) is 0 Å². The standard InChI is InChI=1S/C16H17NO4S2/c1-3-8-23-13-9-12(18)17(13)14(15(19)20)16(22)21-11-6-4-10(2)5-7-11/h3-7,13-14H,1,8-9H2,2H3,(H,19,20). The van der Waals surface area contributed by atoms with E-state index in [1.165, 1.54) is 16.7 Å². The predicted octanol–water partition coefficient (Wildman–Crippen LogP) is 2.63. The van der Waals surface area contributed by atoms with Crippen LogP contribution in [0, 0.1) is 6.92 Å². The number of benzene rings is 1. The van der Waals surface area contributed by atoms with E-state index in [1.54, 1.807) is 18.2 Å². The zero-order valence-electron chi connectivity index (χ0n) is 12.6. The summed E-state index contributed by atoms with van der Waals surface area (Å²) in [6.45, 7) is 5.55. The van der Waals surface area contributed by atoms with Crippen LogP contribution in [0.5, 0.6) is 5.75 Å². The van der Waals surface area contributed by atoms with E-state index in [0.29, 0.717) is 17.9 Å². The van der Waals surface area contributed by atoms with Crippen LogP contribution in [0.4, 0.5) is 0 Å². The molecule has 1 aromatic carbocycles. The average molecular weight is 351 g/mol. The van der Waals surface area contributed by atoms with Gasteiger partial charge in [0.05, 0.1) is 11.8 Å². The number of carbonyl (C=O) groups excluding carboxylic acids is 1. The number of carboxylic acids is 1. The molecule has 5 nitrogen and oxygen atoms in total. The first kappa shape index (κ1) is 17.5. The number of amides is 1. The third-order valence-electron chi connectivity index (χ3n) is 3.33. The van der Waals surface area contributed by atoms with Crippen LogP contribution in [0.25, 0.3) is 0 Å². The van der Waals surface area contributed by atoms with Gasteiger partial charge in [0.1, 0.15) is 5.75 Å². The van der Waals surface area contributed by atoms with E-state index in [4.69, 9.17) is 17.0 Å². The number of carbonyl (C=O) groups is 2. The van der Waals surface area contributed by atoms with Gasteiger partial charge in [-0.3, -0.25) is 4.79 Å². The number of carboxylic acid groups (broad SMARTS) is 1. The lowest BCUT2D eigenvalue weighted by molar-refractivity contribution is -0.154. The number of likely N-dealkylation sites (tertiary alicyclic amines) is 1. The minimum absolute atomic E-state index is 0.140. The topological polar surface area (TPSA) is 66.8 Å². The van der Waals surface area contributed by atoms with Crippen LogP contribution in [0.15, 0.2) is 36.9 Å². The van der Waals surface area contributed by atoms with E-state index in [0.717, 1.165) is 5.56 Å². The van der Waals surface area contributed by atoms with Crippen molar-refractivity contribution >= 4 is 40.9 Å². The minimum atomic E-state index is -1.27. The summed E-state index contributed by atoms with van der Waals surface area (Å²) in [5.41, 5.74) is 1.05. The lowest BCUT2D eigenvalue weighted by atomic mass is 10.1. The maximum Gasteiger partial charge on any atom is 0.335 e. The van der Waals surface area contributed by atoms with Crippen LogP contribution >= 0.6 is 24.0 Å². The van der Waals surface area contributed by atoms with E-state index in [9.17, 15) is 14.7 Å². The fraction of sp³-hybridized carbons (Fsp3) is 0.312. The molecule has 1 amide bonds. The van der Waals surface area contributed by atoms with Gasteiger partial charge in [-0.25, -0.2) is 4.79 Å². The molecular weight excluding hydrogens is 334 g/mol. The Hall–Kier alpha value is -1.86. The molecule has 0 aromatic heterocycles. The number of β-lactam (4-membered cyclic amide) rings is 1. The molecule has 0 spiro atoms. The van der Waals surface area contributed by atoms with Crippen molar-refractivity contribution in [3.8, 4) is 5.75 Å². The second kappa shape index (κ2) is 7.61. The minimum Gasteiger partial charge on any atom is -0.479 e. The van der Waals surface area contributed by atoms with Crippen LogP contribution in [0.1, 0.15) is 12.0 Å². The predicted molar refractivity (Wildman–Crippen MR) is 93.7 cm³/mol. The van der Waals surface area contributed by atoms with Crippen LogP contribution < -0.4 is 4.74 Å². The Morgan fingerprint density at radius 1 is 1.57 bits per heavy atom. The normalized spacial score (nSPS) is 18.0. The molecule has 1 aliphatic heterocycles. The number of hydrogen-bond donors (Lipinski definition) is 1. The summed E-state index contributed by atoms with van der Waals surface area (Å²) in [7, 11) is 0. The highest BCUT2D eigenvalue weighted by Gasteiger charge is 2.46. The molecule has 23 heavy (non-hydrogen) atoms. The van der Waals surface area contributed by atoms with E-state index in [-0.39, 0.29) is 16.3 Å². The quantitative estimate of drug-likeness (QED) is 0.463. The first-order valence-corrected chi connectivity index (χ1v) is 8.44. The molecule has 2 unspecified atom stereocenters. The van der Waals surface area contributed by atoms with E-state index < -0.39 is 12.0 Å². The number of nitrogens with zero attached hydrogens (tertiary/aromatic N) is 1. The monoisotopic (exact) mass is 351 g/mol. The largest absolute Gasteiger partial charge is 0.479 e. The third kappa shape index (κ3) is 4.11. The molecule has 1 saturated heterocycles. The number of ether oxygens (including phenoxy) is 1. The molecule has 122 valence electrons.